The van der Waals surface area contributed by atoms with Crippen LogP contribution >= 0.6 is 23.8 Å². The summed E-state index contributed by atoms with van der Waals surface area (Å²) < 4.78 is 4.44. The molecule has 7 heteroatoms. The summed E-state index contributed by atoms with van der Waals surface area (Å²) in [5, 5.41) is 5.58. The lowest BCUT2D eigenvalue weighted by Gasteiger charge is -2.17. The Kier molecular flexibility index (Phi) is 5.85. The molecule has 0 aliphatic rings. The average Bonchev–Trinajstić information content (AvgIpc) is 3.07. The normalized spacial score (nSPS) is 11.1. The van der Waals surface area contributed by atoms with Crippen molar-refractivity contribution in [1.29, 1.82) is 0 Å². The molecule has 0 atom stereocenters. The van der Waals surface area contributed by atoms with Gasteiger partial charge in [0, 0.05) is 35.2 Å². The molecule has 4 aromatic rings. The second-order valence-corrected chi connectivity index (χ2v) is 7.54. The summed E-state index contributed by atoms with van der Waals surface area (Å²) in [6.07, 6.45) is 3.55. The van der Waals surface area contributed by atoms with Gasteiger partial charge in [-0.05, 0) is 55.2 Å². The summed E-state index contributed by atoms with van der Waals surface area (Å²) >= 11 is 12.1. The van der Waals surface area contributed by atoms with Crippen LogP contribution < -0.4 is 0 Å². The predicted molar refractivity (Wildman–Crippen MR) is 119 cm³/mol. The van der Waals surface area contributed by atoms with E-state index in [2.05, 4.69) is 9.88 Å². The number of benzene rings is 2. The van der Waals surface area contributed by atoms with Gasteiger partial charge in [-0.3, -0.25) is 14.5 Å². The highest BCUT2D eigenvalue weighted by molar-refractivity contribution is 7.71. The minimum absolute atomic E-state index is 0.539. The Hall–Kier alpha value is -2.80. The topological polar surface area (TPSA) is 38.9 Å². The second-order valence-electron chi connectivity index (χ2n) is 6.77. The van der Waals surface area contributed by atoms with Gasteiger partial charge >= 0.3 is 0 Å². The minimum Gasteiger partial charge on any atom is -0.283 e. The maximum atomic E-state index is 6.31. The maximum absolute atomic E-state index is 6.31. The van der Waals surface area contributed by atoms with Crippen molar-refractivity contribution in [3.63, 3.8) is 0 Å². The molecule has 0 saturated carbocycles. The third-order valence-corrected chi connectivity index (χ3v) is 5.31. The van der Waals surface area contributed by atoms with Gasteiger partial charge in [0.05, 0.1) is 6.67 Å². The van der Waals surface area contributed by atoms with Gasteiger partial charge in [0.1, 0.15) is 0 Å². The molecule has 146 valence electrons. The number of hydrogen-bond acceptors (Lipinski definition) is 4. The quantitative estimate of drug-likeness (QED) is 0.401. The van der Waals surface area contributed by atoms with E-state index < -0.39 is 0 Å². The molecule has 0 fully saturated rings. The van der Waals surface area contributed by atoms with E-state index in [0.29, 0.717) is 18.0 Å². The van der Waals surface area contributed by atoms with Crippen LogP contribution in [-0.4, -0.2) is 31.3 Å². The standard InChI is InChI=1S/C22H20ClN5S/c1-26(15-18-8-5-6-12-20(18)23)16-27-22(29)28(19-10-3-2-4-11-19)21(25-27)17-9-7-13-24-14-17/h2-14H,15-16H2,1H3. The summed E-state index contributed by atoms with van der Waals surface area (Å²) in [5.41, 5.74) is 2.95. The molecule has 0 saturated heterocycles. The Morgan fingerprint density at radius 3 is 2.48 bits per heavy atom. The summed E-state index contributed by atoms with van der Waals surface area (Å²) in [7, 11) is 2.02. The van der Waals surface area contributed by atoms with Crippen molar-refractivity contribution in [3.8, 4) is 17.1 Å². The van der Waals surface area contributed by atoms with Gasteiger partial charge in [-0.2, -0.15) is 0 Å². The lowest BCUT2D eigenvalue weighted by molar-refractivity contribution is 0.244. The lowest BCUT2D eigenvalue weighted by Crippen LogP contribution is -2.22. The Labute approximate surface area is 179 Å². The fraction of sp³-hybridized carbons (Fsp3) is 0.136. The van der Waals surface area contributed by atoms with Gasteiger partial charge in [0.2, 0.25) is 4.77 Å². The lowest BCUT2D eigenvalue weighted by atomic mass is 10.2. The van der Waals surface area contributed by atoms with Crippen LogP contribution in [0.4, 0.5) is 0 Å². The molecule has 0 bridgehead atoms. The number of rotatable bonds is 6. The molecule has 2 aromatic carbocycles. The first kappa shape index (κ1) is 19.5. The molecule has 2 aromatic heterocycles. The fourth-order valence-corrected chi connectivity index (χ4v) is 3.67. The van der Waals surface area contributed by atoms with E-state index in [1.165, 1.54) is 0 Å². The van der Waals surface area contributed by atoms with Crippen LogP contribution in [0.5, 0.6) is 0 Å². The molecular weight excluding hydrogens is 402 g/mol. The van der Waals surface area contributed by atoms with Crippen molar-refractivity contribution >= 4 is 23.8 Å². The fourth-order valence-electron chi connectivity index (χ4n) is 3.19. The van der Waals surface area contributed by atoms with Gasteiger partial charge in [-0.15, -0.1) is 5.10 Å². The third-order valence-electron chi connectivity index (χ3n) is 4.55. The highest BCUT2D eigenvalue weighted by Crippen LogP contribution is 2.22. The van der Waals surface area contributed by atoms with E-state index in [1.54, 1.807) is 12.4 Å². The smallest absolute Gasteiger partial charge is 0.204 e. The van der Waals surface area contributed by atoms with Gasteiger partial charge in [0.15, 0.2) is 5.82 Å². The highest BCUT2D eigenvalue weighted by atomic mass is 35.5. The number of para-hydroxylation sites is 1. The monoisotopic (exact) mass is 421 g/mol. The molecule has 0 N–H and O–H groups in total. The number of halogens is 1. The van der Waals surface area contributed by atoms with Gasteiger partial charge in [-0.1, -0.05) is 48.0 Å². The maximum Gasteiger partial charge on any atom is 0.204 e. The largest absolute Gasteiger partial charge is 0.283 e. The zero-order valence-electron chi connectivity index (χ0n) is 15.9. The first-order valence-electron chi connectivity index (χ1n) is 9.21. The van der Waals surface area contributed by atoms with E-state index in [1.807, 2.05) is 83.0 Å². The van der Waals surface area contributed by atoms with Crippen LogP contribution in [0.1, 0.15) is 5.56 Å². The van der Waals surface area contributed by atoms with E-state index in [9.17, 15) is 0 Å². The van der Waals surface area contributed by atoms with Crippen molar-refractivity contribution in [2.75, 3.05) is 7.05 Å². The van der Waals surface area contributed by atoms with E-state index in [0.717, 1.165) is 27.7 Å². The Balaban J connectivity index is 1.70. The summed E-state index contributed by atoms with van der Waals surface area (Å²) in [4.78, 5) is 6.37. The van der Waals surface area contributed by atoms with Crippen LogP contribution in [0.25, 0.3) is 17.1 Å². The van der Waals surface area contributed by atoms with E-state index in [4.69, 9.17) is 28.9 Å². The Morgan fingerprint density at radius 2 is 1.76 bits per heavy atom. The van der Waals surface area contributed by atoms with Crippen molar-refractivity contribution in [1.82, 2.24) is 24.2 Å². The molecular formula is C22H20ClN5S. The summed E-state index contributed by atoms with van der Waals surface area (Å²) in [5.74, 6) is 0.764. The zero-order chi connectivity index (χ0) is 20.2. The molecule has 0 radical (unpaired) electrons. The van der Waals surface area contributed by atoms with Crippen LogP contribution in [0.15, 0.2) is 79.1 Å². The zero-order valence-corrected chi connectivity index (χ0v) is 17.5. The highest BCUT2D eigenvalue weighted by Gasteiger charge is 2.16. The first-order chi connectivity index (χ1) is 14.1. The summed E-state index contributed by atoms with van der Waals surface area (Å²) in [6, 6.07) is 21.8. The summed E-state index contributed by atoms with van der Waals surface area (Å²) in [6.45, 7) is 1.24. The van der Waals surface area contributed by atoms with Gasteiger partial charge in [0.25, 0.3) is 0 Å². The van der Waals surface area contributed by atoms with Crippen LogP contribution in [0, 0.1) is 4.77 Å². The van der Waals surface area contributed by atoms with Crippen molar-refractivity contribution < 1.29 is 0 Å². The SMILES string of the molecule is CN(Cc1ccccc1Cl)Cn1nc(-c2cccnc2)n(-c2ccccc2)c1=S. The Morgan fingerprint density at radius 1 is 1.00 bits per heavy atom. The predicted octanol–water partition coefficient (Wildman–Crippen LogP) is 5.21. The molecule has 0 unspecified atom stereocenters. The van der Waals surface area contributed by atoms with Crippen molar-refractivity contribution in [3.05, 3.63) is 94.5 Å². The van der Waals surface area contributed by atoms with Crippen molar-refractivity contribution in [2.24, 2.45) is 0 Å². The van der Waals surface area contributed by atoms with Crippen LogP contribution in [0.2, 0.25) is 5.02 Å². The molecule has 0 aliphatic heterocycles. The molecule has 0 amide bonds. The molecule has 5 nitrogen and oxygen atoms in total. The third kappa shape index (κ3) is 4.29. The minimum atomic E-state index is 0.539. The van der Waals surface area contributed by atoms with Crippen LogP contribution in [0.3, 0.4) is 0 Å². The van der Waals surface area contributed by atoms with Gasteiger partial charge < -0.3 is 0 Å². The van der Waals surface area contributed by atoms with E-state index >= 15 is 0 Å². The van der Waals surface area contributed by atoms with Gasteiger partial charge in [-0.25, -0.2) is 4.68 Å². The molecule has 4 rings (SSSR count). The van der Waals surface area contributed by atoms with Crippen LogP contribution in [-0.2, 0) is 13.2 Å². The number of hydrogen-bond donors (Lipinski definition) is 0. The molecule has 2 heterocycles. The first-order valence-corrected chi connectivity index (χ1v) is 10.00. The van der Waals surface area contributed by atoms with Crippen molar-refractivity contribution in [2.45, 2.75) is 13.2 Å². The second kappa shape index (κ2) is 8.69. The molecule has 29 heavy (non-hydrogen) atoms. The van der Waals surface area contributed by atoms with E-state index in [-0.39, 0.29) is 0 Å². The Bertz CT molecular complexity index is 1150. The number of aromatic nitrogens is 4. The number of nitrogens with zero attached hydrogens (tertiary/aromatic N) is 5. The molecule has 0 aliphatic carbocycles. The number of pyridine rings is 1. The molecule has 0 spiro atoms. The average molecular weight is 422 g/mol.